The number of aromatic amines is 1. The summed E-state index contributed by atoms with van der Waals surface area (Å²) in [6, 6.07) is 11.7. The van der Waals surface area contributed by atoms with Crippen molar-refractivity contribution in [1.29, 1.82) is 0 Å². The van der Waals surface area contributed by atoms with Gasteiger partial charge < -0.3 is 16.0 Å². The van der Waals surface area contributed by atoms with E-state index in [9.17, 15) is 4.79 Å². The van der Waals surface area contributed by atoms with Gasteiger partial charge in [0.05, 0.1) is 0 Å². The van der Waals surface area contributed by atoms with E-state index in [0.29, 0.717) is 0 Å². The normalized spacial score (nSPS) is 11.0. The van der Waals surface area contributed by atoms with Gasteiger partial charge in [0.1, 0.15) is 5.65 Å². The number of pyridine rings is 2. The molecule has 0 saturated carbocycles. The van der Waals surface area contributed by atoms with E-state index in [1.54, 1.807) is 6.20 Å². The van der Waals surface area contributed by atoms with Gasteiger partial charge in [-0.2, -0.15) is 0 Å². The quantitative estimate of drug-likeness (QED) is 0.406. The van der Waals surface area contributed by atoms with Crippen molar-refractivity contribution in [2.45, 2.75) is 32.6 Å². The molecule has 0 atom stereocenters. The van der Waals surface area contributed by atoms with E-state index in [-0.39, 0.29) is 0 Å². The Hall–Kier alpha value is -3.67. The standard InChI is InChI=1S/C24H25N5O/c1-2-3-5-16-8-17(11-21(10-16)29-24(25)30)9-20-15-28-23-22(20)12-19(14-27-23)18-6-4-7-26-13-18/h4,6-8,10-15H,2-3,5,9H2,1H3,(H,27,28)(H3,25,29,30). The van der Waals surface area contributed by atoms with Gasteiger partial charge in [0.25, 0.3) is 0 Å². The Morgan fingerprint density at radius 2 is 2.00 bits per heavy atom. The fourth-order valence-electron chi connectivity index (χ4n) is 3.72. The second-order valence-corrected chi connectivity index (χ2v) is 7.48. The predicted molar refractivity (Wildman–Crippen MR) is 120 cm³/mol. The van der Waals surface area contributed by atoms with Gasteiger partial charge in [-0.1, -0.05) is 25.5 Å². The smallest absolute Gasteiger partial charge is 0.316 e. The summed E-state index contributed by atoms with van der Waals surface area (Å²) in [5.41, 5.74) is 12.5. The third kappa shape index (κ3) is 4.49. The highest BCUT2D eigenvalue weighted by Crippen LogP contribution is 2.27. The maximum absolute atomic E-state index is 11.4. The number of nitrogens with one attached hydrogen (secondary N) is 2. The van der Waals surface area contributed by atoms with E-state index in [4.69, 9.17) is 5.73 Å². The summed E-state index contributed by atoms with van der Waals surface area (Å²) < 4.78 is 0. The lowest BCUT2D eigenvalue weighted by Gasteiger charge is -2.10. The van der Waals surface area contributed by atoms with Crippen molar-refractivity contribution in [1.82, 2.24) is 15.0 Å². The van der Waals surface area contributed by atoms with Gasteiger partial charge in [-0.25, -0.2) is 9.78 Å². The van der Waals surface area contributed by atoms with E-state index < -0.39 is 6.03 Å². The first-order valence-electron chi connectivity index (χ1n) is 10.2. The molecule has 0 bridgehead atoms. The highest BCUT2D eigenvalue weighted by atomic mass is 16.2. The molecule has 6 nitrogen and oxygen atoms in total. The third-order valence-corrected chi connectivity index (χ3v) is 5.15. The maximum Gasteiger partial charge on any atom is 0.316 e. The number of H-pyrrole nitrogens is 1. The largest absolute Gasteiger partial charge is 0.351 e. The van der Waals surface area contributed by atoms with Crippen molar-refractivity contribution in [3.63, 3.8) is 0 Å². The molecule has 0 aliphatic heterocycles. The number of anilines is 1. The predicted octanol–water partition coefficient (Wildman–Crippen LogP) is 5.05. The SMILES string of the molecule is CCCCc1cc(Cc2c[nH]c3ncc(-c4cccnc4)cc23)cc(NC(N)=O)c1. The lowest BCUT2D eigenvalue weighted by molar-refractivity contribution is 0.259. The molecule has 0 fully saturated rings. The highest BCUT2D eigenvalue weighted by molar-refractivity contribution is 5.88. The summed E-state index contributed by atoms with van der Waals surface area (Å²) in [4.78, 5) is 23.4. The van der Waals surface area contributed by atoms with E-state index in [2.05, 4.69) is 39.3 Å². The van der Waals surface area contributed by atoms with Crippen LogP contribution in [-0.4, -0.2) is 21.0 Å². The van der Waals surface area contributed by atoms with Crippen LogP contribution in [0.5, 0.6) is 0 Å². The molecule has 0 radical (unpaired) electrons. The average molecular weight is 399 g/mol. The first-order valence-corrected chi connectivity index (χ1v) is 10.2. The Morgan fingerprint density at radius 3 is 2.77 bits per heavy atom. The van der Waals surface area contributed by atoms with Crippen LogP contribution < -0.4 is 11.1 Å². The molecule has 0 aliphatic rings. The topological polar surface area (TPSA) is 96.7 Å². The first-order chi connectivity index (χ1) is 14.6. The van der Waals surface area contributed by atoms with Crippen LogP contribution in [0.4, 0.5) is 10.5 Å². The van der Waals surface area contributed by atoms with Gasteiger partial charge >= 0.3 is 6.03 Å². The lowest BCUT2D eigenvalue weighted by atomic mass is 9.98. The number of aryl methyl sites for hydroxylation is 1. The van der Waals surface area contributed by atoms with E-state index >= 15 is 0 Å². The number of amides is 2. The fraction of sp³-hybridized carbons (Fsp3) is 0.208. The number of nitrogens with two attached hydrogens (primary N) is 1. The zero-order valence-corrected chi connectivity index (χ0v) is 17.0. The second-order valence-electron chi connectivity index (χ2n) is 7.48. The molecule has 0 unspecified atom stereocenters. The first kappa shape index (κ1) is 19.6. The Balaban J connectivity index is 1.68. The van der Waals surface area contributed by atoms with Crippen molar-refractivity contribution in [3.05, 3.63) is 77.9 Å². The number of benzene rings is 1. The molecule has 4 aromatic rings. The number of fused-ring (bicyclic) bond motifs is 1. The monoisotopic (exact) mass is 399 g/mol. The Bertz CT molecular complexity index is 1170. The number of unbranched alkanes of at least 4 members (excludes halogenated alkanes) is 1. The molecule has 4 N–H and O–H groups in total. The molecule has 152 valence electrons. The molecule has 0 saturated heterocycles. The number of nitrogens with zero attached hydrogens (tertiary/aromatic N) is 2. The molecular weight excluding hydrogens is 374 g/mol. The van der Waals surface area contributed by atoms with E-state index in [0.717, 1.165) is 64.7 Å². The van der Waals surface area contributed by atoms with Gasteiger partial charge in [-0.15, -0.1) is 0 Å². The number of urea groups is 1. The summed E-state index contributed by atoms with van der Waals surface area (Å²) in [7, 11) is 0. The van der Waals surface area contributed by atoms with Crippen LogP contribution in [0, 0.1) is 0 Å². The van der Waals surface area contributed by atoms with Gasteiger partial charge in [0, 0.05) is 47.0 Å². The molecule has 1 aromatic carbocycles. The van der Waals surface area contributed by atoms with Crippen molar-refractivity contribution in [3.8, 4) is 11.1 Å². The van der Waals surface area contributed by atoms with Crippen molar-refractivity contribution in [2.24, 2.45) is 5.73 Å². The fourth-order valence-corrected chi connectivity index (χ4v) is 3.72. The summed E-state index contributed by atoms with van der Waals surface area (Å²) in [5, 5.41) is 3.80. The van der Waals surface area contributed by atoms with E-state index in [1.165, 1.54) is 5.56 Å². The molecule has 3 heterocycles. The molecule has 2 amide bonds. The Morgan fingerprint density at radius 1 is 1.13 bits per heavy atom. The van der Waals surface area contributed by atoms with Crippen molar-refractivity contribution < 1.29 is 4.79 Å². The summed E-state index contributed by atoms with van der Waals surface area (Å²) in [6.07, 6.45) is 11.4. The lowest BCUT2D eigenvalue weighted by Crippen LogP contribution is -2.19. The number of aromatic nitrogens is 3. The molecular formula is C24H25N5O. The summed E-state index contributed by atoms with van der Waals surface area (Å²) in [5.74, 6) is 0. The molecule has 3 aromatic heterocycles. The molecule has 0 spiro atoms. The number of carbonyl (C=O) groups is 1. The second kappa shape index (κ2) is 8.78. The Labute approximate surface area is 175 Å². The number of carbonyl (C=O) groups excluding carboxylic acids is 1. The number of rotatable bonds is 7. The highest BCUT2D eigenvalue weighted by Gasteiger charge is 2.10. The van der Waals surface area contributed by atoms with Crippen LogP contribution >= 0.6 is 0 Å². The minimum absolute atomic E-state index is 0.550. The van der Waals surface area contributed by atoms with Crippen LogP contribution in [-0.2, 0) is 12.8 Å². The van der Waals surface area contributed by atoms with Crippen molar-refractivity contribution >= 4 is 22.8 Å². The van der Waals surface area contributed by atoms with Crippen LogP contribution in [0.2, 0.25) is 0 Å². The summed E-state index contributed by atoms with van der Waals surface area (Å²) in [6.45, 7) is 2.17. The van der Waals surface area contributed by atoms with Crippen LogP contribution in [0.3, 0.4) is 0 Å². The molecule has 0 aliphatic carbocycles. The maximum atomic E-state index is 11.4. The average Bonchev–Trinajstić information content (AvgIpc) is 3.14. The zero-order chi connectivity index (χ0) is 20.9. The molecule has 6 heteroatoms. The van der Waals surface area contributed by atoms with Gasteiger partial charge in [0.15, 0.2) is 0 Å². The number of hydrogen-bond donors (Lipinski definition) is 3. The van der Waals surface area contributed by atoms with Gasteiger partial charge in [-0.3, -0.25) is 4.98 Å². The molecule has 4 rings (SSSR count). The van der Waals surface area contributed by atoms with Gasteiger partial charge in [-0.05, 0) is 60.2 Å². The minimum Gasteiger partial charge on any atom is -0.351 e. The zero-order valence-electron chi connectivity index (χ0n) is 17.0. The van der Waals surface area contributed by atoms with Crippen LogP contribution in [0.1, 0.15) is 36.5 Å². The minimum atomic E-state index is -0.550. The summed E-state index contributed by atoms with van der Waals surface area (Å²) >= 11 is 0. The van der Waals surface area contributed by atoms with Crippen LogP contribution in [0.25, 0.3) is 22.2 Å². The number of primary amides is 1. The Kier molecular flexibility index (Phi) is 5.75. The van der Waals surface area contributed by atoms with E-state index in [1.807, 2.05) is 42.9 Å². The van der Waals surface area contributed by atoms with Gasteiger partial charge in [0.2, 0.25) is 0 Å². The molecule has 30 heavy (non-hydrogen) atoms. The third-order valence-electron chi connectivity index (χ3n) is 5.15. The number of hydrogen-bond acceptors (Lipinski definition) is 3. The van der Waals surface area contributed by atoms with Crippen molar-refractivity contribution in [2.75, 3.05) is 5.32 Å². The van der Waals surface area contributed by atoms with Crippen LogP contribution in [0.15, 0.2) is 61.2 Å².